The fourth-order valence-electron chi connectivity index (χ4n) is 3.30. The number of hydrogen-bond donors (Lipinski definition) is 0. The van der Waals surface area contributed by atoms with Crippen molar-refractivity contribution in [1.82, 2.24) is 0 Å². The Morgan fingerprint density at radius 2 is 1.75 bits per heavy atom. The van der Waals surface area contributed by atoms with Gasteiger partial charge >= 0.3 is 0 Å². The van der Waals surface area contributed by atoms with Crippen molar-refractivity contribution in [3.63, 3.8) is 0 Å². The maximum atomic E-state index is 6.22. The Balaban J connectivity index is 2.66. The molecule has 0 unspecified atom stereocenters. The summed E-state index contributed by atoms with van der Waals surface area (Å²) in [5.74, 6) is 0. The Labute approximate surface area is 176 Å². The molecule has 0 spiro atoms. The zero-order valence-corrected chi connectivity index (χ0v) is 21.2. The van der Waals surface area contributed by atoms with Crippen molar-refractivity contribution < 1.29 is 4.43 Å². The van der Waals surface area contributed by atoms with E-state index in [0.717, 1.165) is 0 Å². The van der Waals surface area contributed by atoms with E-state index in [1.807, 2.05) is 0 Å². The number of allylic oxidation sites excluding steroid dienone is 9. The molecule has 0 N–H and O–H groups in total. The standard InChI is InChI=1S/C26H44OSi/c1-21(16-17-24-23(3)15-12-19-26(24,7)8)13-11-14-22(2)18-20-27-28(9,10)25(4,5)6/h11,13-14,16-18H,12,15,19-20H2,1-10H3. The molecule has 0 aromatic heterocycles. The highest BCUT2D eigenvalue weighted by Gasteiger charge is 2.36. The van der Waals surface area contributed by atoms with Gasteiger partial charge in [-0.1, -0.05) is 87.8 Å². The first-order valence-corrected chi connectivity index (χ1v) is 13.7. The number of hydrogen-bond acceptors (Lipinski definition) is 1. The average molecular weight is 401 g/mol. The monoisotopic (exact) mass is 400 g/mol. The lowest BCUT2D eigenvalue weighted by atomic mass is 9.72. The molecule has 0 atom stereocenters. The molecule has 0 fully saturated rings. The Kier molecular flexibility index (Phi) is 8.96. The first-order chi connectivity index (χ1) is 12.8. The van der Waals surface area contributed by atoms with E-state index in [9.17, 15) is 0 Å². The Morgan fingerprint density at radius 1 is 1.11 bits per heavy atom. The van der Waals surface area contributed by atoms with Crippen LogP contribution < -0.4 is 0 Å². The second-order valence-corrected chi connectivity index (χ2v) is 15.4. The minimum absolute atomic E-state index is 0.261. The van der Waals surface area contributed by atoms with Crippen molar-refractivity contribution in [2.24, 2.45) is 5.41 Å². The lowest BCUT2D eigenvalue weighted by Gasteiger charge is -2.35. The van der Waals surface area contributed by atoms with E-state index in [2.05, 4.69) is 105 Å². The molecule has 0 radical (unpaired) electrons. The summed E-state index contributed by atoms with van der Waals surface area (Å²) in [5.41, 5.74) is 5.91. The summed E-state index contributed by atoms with van der Waals surface area (Å²) in [6.07, 6.45) is 17.1. The third kappa shape index (κ3) is 7.71. The van der Waals surface area contributed by atoms with E-state index in [4.69, 9.17) is 4.43 Å². The molecule has 0 aromatic carbocycles. The van der Waals surface area contributed by atoms with Crippen LogP contribution in [0.3, 0.4) is 0 Å². The van der Waals surface area contributed by atoms with Gasteiger partial charge in [0, 0.05) is 0 Å². The second kappa shape index (κ2) is 10.1. The van der Waals surface area contributed by atoms with Crippen LogP contribution in [0.25, 0.3) is 0 Å². The van der Waals surface area contributed by atoms with Gasteiger partial charge in [-0.3, -0.25) is 0 Å². The predicted octanol–water partition coefficient (Wildman–Crippen LogP) is 8.54. The van der Waals surface area contributed by atoms with Crippen LogP contribution in [0.5, 0.6) is 0 Å². The van der Waals surface area contributed by atoms with E-state index in [0.29, 0.717) is 12.0 Å². The third-order valence-electron chi connectivity index (χ3n) is 6.43. The van der Waals surface area contributed by atoms with Crippen LogP contribution in [0.2, 0.25) is 18.1 Å². The zero-order valence-electron chi connectivity index (χ0n) is 20.2. The SMILES string of the molecule is CC(C=CC1=C(C)CCCC1(C)C)=CC=CC(C)=CCO[Si](C)(C)C(C)(C)C. The van der Waals surface area contributed by atoms with E-state index in [-0.39, 0.29) is 5.04 Å². The first kappa shape index (κ1) is 24.9. The van der Waals surface area contributed by atoms with Crippen molar-refractivity contribution >= 4 is 8.32 Å². The molecule has 28 heavy (non-hydrogen) atoms. The van der Waals surface area contributed by atoms with E-state index in [1.54, 1.807) is 5.57 Å². The highest BCUT2D eigenvalue weighted by atomic mass is 28.4. The van der Waals surface area contributed by atoms with Crippen molar-refractivity contribution in [1.29, 1.82) is 0 Å². The topological polar surface area (TPSA) is 9.23 Å². The largest absolute Gasteiger partial charge is 0.413 e. The molecule has 2 heteroatoms. The van der Waals surface area contributed by atoms with Crippen LogP contribution in [0.1, 0.15) is 74.7 Å². The minimum Gasteiger partial charge on any atom is -0.413 e. The molecule has 1 rings (SSSR count). The Hall–Kier alpha value is -1.12. The van der Waals surface area contributed by atoms with Crippen LogP contribution in [-0.2, 0) is 4.43 Å². The van der Waals surface area contributed by atoms with Crippen molar-refractivity contribution in [3.8, 4) is 0 Å². The van der Waals surface area contributed by atoms with Gasteiger partial charge in [-0.05, 0) is 69.2 Å². The lowest BCUT2D eigenvalue weighted by Crippen LogP contribution is -2.40. The van der Waals surface area contributed by atoms with Gasteiger partial charge in [0.1, 0.15) is 0 Å². The first-order valence-electron chi connectivity index (χ1n) is 10.8. The summed E-state index contributed by atoms with van der Waals surface area (Å²) < 4.78 is 6.22. The lowest BCUT2D eigenvalue weighted by molar-refractivity contribution is 0.327. The maximum absolute atomic E-state index is 6.22. The summed E-state index contributed by atoms with van der Waals surface area (Å²) in [4.78, 5) is 0. The summed E-state index contributed by atoms with van der Waals surface area (Å²) in [6, 6.07) is 0. The molecule has 1 nitrogen and oxygen atoms in total. The highest BCUT2D eigenvalue weighted by molar-refractivity contribution is 6.74. The van der Waals surface area contributed by atoms with Gasteiger partial charge in [-0.2, -0.15) is 0 Å². The molecule has 158 valence electrons. The maximum Gasteiger partial charge on any atom is 0.192 e. The average Bonchev–Trinajstić information content (AvgIpc) is 2.52. The van der Waals surface area contributed by atoms with Gasteiger partial charge in [-0.15, -0.1) is 0 Å². The van der Waals surface area contributed by atoms with Crippen LogP contribution in [-0.4, -0.2) is 14.9 Å². The van der Waals surface area contributed by atoms with E-state index >= 15 is 0 Å². The summed E-state index contributed by atoms with van der Waals surface area (Å²) in [6.45, 7) is 23.5. The molecule has 0 saturated heterocycles. The van der Waals surface area contributed by atoms with Gasteiger partial charge in [-0.25, -0.2) is 0 Å². The van der Waals surface area contributed by atoms with Gasteiger partial charge < -0.3 is 4.43 Å². The normalized spacial score (nSPS) is 19.9. The summed E-state index contributed by atoms with van der Waals surface area (Å²) in [7, 11) is -1.66. The second-order valence-electron chi connectivity index (χ2n) is 10.6. The smallest absolute Gasteiger partial charge is 0.192 e. The van der Waals surface area contributed by atoms with E-state index < -0.39 is 8.32 Å². The van der Waals surface area contributed by atoms with Crippen molar-refractivity contribution in [2.45, 2.75) is 92.8 Å². The molecule has 0 bridgehead atoms. The van der Waals surface area contributed by atoms with Crippen molar-refractivity contribution in [3.05, 3.63) is 58.7 Å². The van der Waals surface area contributed by atoms with Gasteiger partial charge in [0.25, 0.3) is 0 Å². The molecule has 1 aliphatic rings. The third-order valence-corrected chi connectivity index (χ3v) is 10.9. The van der Waals surface area contributed by atoms with E-state index in [1.165, 1.54) is 36.0 Å². The van der Waals surface area contributed by atoms with Gasteiger partial charge in [0.2, 0.25) is 0 Å². The Bertz CT molecular complexity index is 676. The molecule has 0 saturated carbocycles. The fraction of sp³-hybridized carbons (Fsp3) is 0.615. The van der Waals surface area contributed by atoms with Crippen LogP contribution in [0.4, 0.5) is 0 Å². The number of rotatable bonds is 7. The molecular weight excluding hydrogens is 356 g/mol. The fourth-order valence-corrected chi connectivity index (χ4v) is 4.23. The molecule has 0 heterocycles. The molecular formula is C26H44OSi. The zero-order chi connectivity index (χ0) is 21.6. The highest BCUT2D eigenvalue weighted by Crippen LogP contribution is 2.40. The molecule has 0 aromatic rings. The van der Waals surface area contributed by atoms with Crippen LogP contribution in [0.15, 0.2) is 58.7 Å². The molecule has 0 aliphatic heterocycles. The van der Waals surface area contributed by atoms with Gasteiger partial charge in [0.15, 0.2) is 8.32 Å². The Morgan fingerprint density at radius 3 is 2.32 bits per heavy atom. The molecule has 1 aliphatic carbocycles. The minimum atomic E-state index is -1.66. The van der Waals surface area contributed by atoms with Crippen molar-refractivity contribution in [2.75, 3.05) is 6.61 Å². The quantitative estimate of drug-likeness (QED) is 0.307. The van der Waals surface area contributed by atoms with Crippen LogP contribution in [0, 0.1) is 5.41 Å². The summed E-state index contributed by atoms with van der Waals surface area (Å²) >= 11 is 0. The summed E-state index contributed by atoms with van der Waals surface area (Å²) in [5, 5.41) is 0.261. The molecule has 0 amide bonds. The van der Waals surface area contributed by atoms with Gasteiger partial charge in [0.05, 0.1) is 6.61 Å². The van der Waals surface area contributed by atoms with Crippen LogP contribution >= 0.6 is 0 Å². The predicted molar refractivity (Wildman–Crippen MR) is 129 cm³/mol.